The summed E-state index contributed by atoms with van der Waals surface area (Å²) in [6, 6.07) is 10.7. The molecule has 0 spiro atoms. The van der Waals surface area contributed by atoms with Gasteiger partial charge in [0.05, 0.1) is 26.6 Å². The normalized spacial score (nSPS) is 11.2. The number of hydrogen-bond donors (Lipinski definition) is 0. The first-order valence-electron chi connectivity index (χ1n) is 9.19. The maximum Gasteiger partial charge on any atom is 0.282 e. The smallest absolute Gasteiger partial charge is 0.282 e. The number of nitriles is 1. The Kier molecular flexibility index (Phi) is 7.64. The van der Waals surface area contributed by atoms with Crippen LogP contribution in [0.25, 0.3) is 10.9 Å². The summed E-state index contributed by atoms with van der Waals surface area (Å²) in [5, 5.41) is 13.9. The van der Waals surface area contributed by atoms with Crippen molar-refractivity contribution in [2.24, 2.45) is 5.10 Å². The van der Waals surface area contributed by atoms with Gasteiger partial charge in [-0.1, -0.05) is 40.9 Å². The second-order valence-electron chi connectivity index (χ2n) is 6.42. The highest BCUT2D eigenvalue weighted by molar-refractivity contribution is 9.10. The van der Waals surface area contributed by atoms with Gasteiger partial charge in [0, 0.05) is 10.9 Å². The maximum absolute atomic E-state index is 13.1. The molecule has 0 radical (unpaired) electrons. The fourth-order valence-electron chi connectivity index (χ4n) is 2.83. The summed E-state index contributed by atoms with van der Waals surface area (Å²) in [6.45, 7) is 1.97. The zero-order chi connectivity index (χ0) is 21.7. The minimum absolute atomic E-state index is 0.111. The van der Waals surface area contributed by atoms with E-state index < -0.39 is 0 Å². The number of ether oxygens (including phenoxy) is 1. The molecule has 0 fully saturated rings. The van der Waals surface area contributed by atoms with Crippen molar-refractivity contribution < 1.29 is 4.74 Å². The SMILES string of the molecule is CCCCc1nc2ccc(Br)cc2c(=O)n1N=Cc1cc(Cl)c(OCC#N)c(Br)c1. The molecule has 9 heteroatoms. The zero-order valence-electron chi connectivity index (χ0n) is 16.0. The number of halogens is 3. The van der Waals surface area contributed by atoms with Crippen LogP contribution in [0.1, 0.15) is 31.2 Å². The van der Waals surface area contributed by atoms with Crippen LogP contribution in [-0.2, 0) is 6.42 Å². The van der Waals surface area contributed by atoms with Crippen molar-refractivity contribution in [3.05, 3.63) is 66.0 Å². The molecule has 0 unspecified atom stereocenters. The summed E-state index contributed by atoms with van der Waals surface area (Å²) in [4.78, 5) is 17.7. The first kappa shape index (κ1) is 22.5. The van der Waals surface area contributed by atoms with Gasteiger partial charge in [-0.2, -0.15) is 15.0 Å². The van der Waals surface area contributed by atoms with E-state index in [4.69, 9.17) is 21.6 Å². The molecule has 1 heterocycles. The van der Waals surface area contributed by atoms with Crippen LogP contribution in [-0.4, -0.2) is 22.5 Å². The van der Waals surface area contributed by atoms with Crippen molar-refractivity contribution in [3.8, 4) is 11.8 Å². The van der Waals surface area contributed by atoms with Gasteiger partial charge in [0.2, 0.25) is 0 Å². The number of aromatic nitrogens is 2. The van der Waals surface area contributed by atoms with Crippen LogP contribution in [0.3, 0.4) is 0 Å². The molecule has 0 atom stereocenters. The topological polar surface area (TPSA) is 80.3 Å². The van der Waals surface area contributed by atoms with Crippen molar-refractivity contribution in [1.82, 2.24) is 9.66 Å². The average Bonchev–Trinajstić information content (AvgIpc) is 2.71. The van der Waals surface area contributed by atoms with E-state index in [1.54, 1.807) is 24.4 Å². The van der Waals surface area contributed by atoms with Gasteiger partial charge < -0.3 is 4.74 Å². The number of hydrogen-bond acceptors (Lipinski definition) is 5. The highest BCUT2D eigenvalue weighted by Gasteiger charge is 2.12. The molecule has 0 bridgehead atoms. The second-order valence-corrected chi connectivity index (χ2v) is 8.59. The van der Waals surface area contributed by atoms with E-state index in [0.29, 0.717) is 44.0 Å². The molecule has 1 aromatic heterocycles. The molecule has 0 N–H and O–H groups in total. The van der Waals surface area contributed by atoms with Gasteiger partial charge in [-0.25, -0.2) is 4.98 Å². The lowest BCUT2D eigenvalue weighted by molar-refractivity contribution is 0.366. The molecule has 0 saturated heterocycles. The molecule has 3 rings (SSSR count). The number of benzene rings is 2. The van der Waals surface area contributed by atoms with E-state index in [1.807, 2.05) is 18.2 Å². The summed E-state index contributed by atoms with van der Waals surface area (Å²) in [7, 11) is 0. The molecule has 3 aromatic rings. The number of aryl methyl sites for hydroxylation is 1. The molecule has 0 saturated carbocycles. The molecule has 30 heavy (non-hydrogen) atoms. The van der Waals surface area contributed by atoms with Crippen LogP contribution in [0.15, 0.2) is 49.2 Å². The van der Waals surface area contributed by atoms with Crippen molar-refractivity contribution in [2.45, 2.75) is 26.2 Å². The third kappa shape index (κ3) is 5.09. The lowest BCUT2D eigenvalue weighted by Gasteiger charge is -2.10. The van der Waals surface area contributed by atoms with Gasteiger partial charge in [-0.05, 0) is 58.2 Å². The molecule has 154 valence electrons. The van der Waals surface area contributed by atoms with Gasteiger partial charge in [0.15, 0.2) is 12.4 Å². The average molecular weight is 553 g/mol. The summed E-state index contributed by atoms with van der Waals surface area (Å²) < 4.78 is 8.05. The number of rotatable bonds is 7. The first-order chi connectivity index (χ1) is 14.4. The summed E-state index contributed by atoms with van der Waals surface area (Å²) >= 11 is 13.1. The van der Waals surface area contributed by atoms with Crippen LogP contribution in [0, 0.1) is 11.3 Å². The van der Waals surface area contributed by atoms with Crippen LogP contribution < -0.4 is 10.3 Å². The molecule has 0 amide bonds. The van der Waals surface area contributed by atoms with Crippen LogP contribution in [0.2, 0.25) is 5.02 Å². The number of fused-ring (bicyclic) bond motifs is 1. The van der Waals surface area contributed by atoms with Crippen LogP contribution in [0.5, 0.6) is 5.75 Å². The third-order valence-corrected chi connectivity index (χ3v) is 5.62. The standard InChI is InChI=1S/C21H17Br2ClN4O2/c1-2-3-4-19-27-18-6-5-14(22)11-15(18)21(29)28(19)26-12-13-9-16(23)20(17(24)10-13)30-8-7-25/h5-6,9-12H,2-4,8H2,1H3. The maximum atomic E-state index is 13.1. The number of unbranched alkanes of at least 4 members (excludes halogenated alkanes) is 1. The minimum Gasteiger partial charge on any atom is -0.476 e. The van der Waals surface area contributed by atoms with Crippen molar-refractivity contribution in [1.29, 1.82) is 5.26 Å². The van der Waals surface area contributed by atoms with Gasteiger partial charge in [-0.3, -0.25) is 4.79 Å². The third-order valence-electron chi connectivity index (χ3n) is 4.25. The Hall–Kier alpha value is -2.21. The minimum atomic E-state index is -0.234. The highest BCUT2D eigenvalue weighted by atomic mass is 79.9. The Labute approximate surface area is 195 Å². The Morgan fingerprint density at radius 2 is 2.13 bits per heavy atom. The van der Waals surface area contributed by atoms with Crippen molar-refractivity contribution in [3.63, 3.8) is 0 Å². The Bertz CT molecular complexity index is 1200. The first-order valence-corrected chi connectivity index (χ1v) is 11.1. The predicted molar refractivity (Wildman–Crippen MR) is 126 cm³/mol. The summed E-state index contributed by atoms with van der Waals surface area (Å²) in [6.07, 6.45) is 4.06. The molecule has 0 aliphatic heterocycles. The molecular formula is C21H17Br2ClN4O2. The summed E-state index contributed by atoms with van der Waals surface area (Å²) in [5.41, 5.74) is 1.08. The quantitative estimate of drug-likeness (QED) is 0.352. The second kappa shape index (κ2) is 10.2. The molecule has 0 aliphatic rings. The van der Waals surface area contributed by atoms with Crippen molar-refractivity contribution in [2.75, 3.05) is 6.61 Å². The summed E-state index contributed by atoms with van der Waals surface area (Å²) in [5.74, 6) is 0.987. The van der Waals surface area contributed by atoms with Gasteiger partial charge in [0.25, 0.3) is 5.56 Å². The fraction of sp³-hybridized carbons (Fsp3) is 0.238. The van der Waals surface area contributed by atoms with Crippen molar-refractivity contribution >= 4 is 60.6 Å². The fourth-order valence-corrected chi connectivity index (χ4v) is 4.18. The van der Waals surface area contributed by atoms with E-state index in [1.165, 1.54) is 4.68 Å². The Morgan fingerprint density at radius 3 is 2.83 bits per heavy atom. The van der Waals surface area contributed by atoms with Gasteiger partial charge in [0.1, 0.15) is 11.9 Å². The monoisotopic (exact) mass is 550 g/mol. The van der Waals surface area contributed by atoms with E-state index in [0.717, 1.165) is 17.3 Å². The van der Waals surface area contributed by atoms with E-state index in [2.05, 4.69) is 48.9 Å². The number of nitrogens with zero attached hydrogens (tertiary/aromatic N) is 4. The van der Waals surface area contributed by atoms with Crippen LogP contribution in [0.4, 0.5) is 0 Å². The largest absolute Gasteiger partial charge is 0.476 e. The molecule has 0 aliphatic carbocycles. The van der Waals surface area contributed by atoms with Crippen LogP contribution >= 0.6 is 43.5 Å². The predicted octanol–water partition coefficient (Wildman–Crippen LogP) is 5.70. The lowest BCUT2D eigenvalue weighted by Crippen LogP contribution is -2.22. The molecule has 6 nitrogen and oxygen atoms in total. The highest BCUT2D eigenvalue weighted by Crippen LogP contribution is 2.34. The zero-order valence-corrected chi connectivity index (χ0v) is 20.0. The van der Waals surface area contributed by atoms with Gasteiger partial charge >= 0.3 is 0 Å². The molecule has 2 aromatic carbocycles. The Balaban J connectivity index is 2.05. The Morgan fingerprint density at radius 1 is 1.33 bits per heavy atom. The lowest BCUT2D eigenvalue weighted by atomic mass is 10.2. The van der Waals surface area contributed by atoms with E-state index in [9.17, 15) is 4.79 Å². The van der Waals surface area contributed by atoms with E-state index in [-0.39, 0.29) is 12.2 Å². The van der Waals surface area contributed by atoms with Gasteiger partial charge in [-0.15, -0.1) is 0 Å². The molecular weight excluding hydrogens is 536 g/mol. The van der Waals surface area contributed by atoms with E-state index >= 15 is 0 Å².